The fourth-order valence-electron chi connectivity index (χ4n) is 4.84. The zero-order chi connectivity index (χ0) is 34.0. The van der Waals surface area contributed by atoms with Gasteiger partial charge in [0.05, 0.1) is 14.2 Å². The number of hydrogen-bond donors (Lipinski definition) is 7. The maximum absolute atomic E-state index is 13.9. The van der Waals surface area contributed by atoms with Gasteiger partial charge in [-0.1, -0.05) is 12.1 Å². The number of phenolic OH excluding ortho intramolecular Hbond substituents is 4. The normalized spacial score (nSPS) is 21.1. The van der Waals surface area contributed by atoms with Crippen LogP contribution in [0.5, 0.6) is 40.2 Å². The van der Waals surface area contributed by atoms with Crippen molar-refractivity contribution in [3.8, 4) is 51.6 Å². The summed E-state index contributed by atoms with van der Waals surface area (Å²) in [5, 5.41) is 71.8. The van der Waals surface area contributed by atoms with Gasteiger partial charge in [-0.2, -0.15) is 0 Å². The number of hydrogen-bond acceptors (Lipinski definition) is 15. The van der Waals surface area contributed by atoms with Gasteiger partial charge in [0.25, 0.3) is 0 Å². The summed E-state index contributed by atoms with van der Waals surface area (Å²) >= 11 is 0. The predicted molar refractivity (Wildman–Crippen MR) is 161 cm³/mol. The lowest BCUT2D eigenvalue weighted by Gasteiger charge is -2.39. The maximum Gasteiger partial charge on any atom is 0.330 e. The summed E-state index contributed by atoms with van der Waals surface area (Å²) in [4.78, 5) is 26.2. The molecule has 248 valence electrons. The van der Waals surface area contributed by atoms with Crippen molar-refractivity contribution in [3.63, 3.8) is 0 Å². The molecular weight excluding hydrogens is 624 g/mol. The van der Waals surface area contributed by atoms with Crippen LogP contribution in [0.4, 0.5) is 0 Å². The van der Waals surface area contributed by atoms with Gasteiger partial charge in [0, 0.05) is 17.7 Å². The molecule has 4 aromatic rings. The van der Waals surface area contributed by atoms with E-state index in [1.54, 1.807) is 12.1 Å². The molecule has 1 fully saturated rings. The van der Waals surface area contributed by atoms with Crippen LogP contribution in [-0.2, 0) is 14.3 Å². The molecule has 47 heavy (non-hydrogen) atoms. The molecule has 1 aromatic heterocycles. The fraction of sp³-hybridized carbons (Fsp3) is 0.250. The summed E-state index contributed by atoms with van der Waals surface area (Å²) in [5.41, 5.74) is -0.746. The van der Waals surface area contributed by atoms with Gasteiger partial charge in [0.1, 0.15) is 47.9 Å². The van der Waals surface area contributed by atoms with E-state index >= 15 is 0 Å². The van der Waals surface area contributed by atoms with E-state index in [-0.39, 0.29) is 39.9 Å². The highest BCUT2D eigenvalue weighted by Crippen LogP contribution is 2.44. The van der Waals surface area contributed by atoms with Crippen molar-refractivity contribution in [1.82, 2.24) is 0 Å². The molecule has 15 heteroatoms. The topological polar surface area (TPSA) is 235 Å². The van der Waals surface area contributed by atoms with Crippen LogP contribution in [-0.4, -0.2) is 93.2 Å². The number of aliphatic hydroxyl groups is 3. The third-order valence-corrected chi connectivity index (χ3v) is 7.28. The SMILES string of the molecule is COc1cc(-c2oc3c(OC)c(O)cc(O)c3c(=O)c2OC2OC(COC(=O)C=Cc3ccc(O)cc3)C(O)C(O)C2O)ccc1O. The number of carbonyl (C=O) groups is 1. The molecule has 0 radical (unpaired) electrons. The van der Waals surface area contributed by atoms with Crippen LogP contribution < -0.4 is 19.6 Å². The van der Waals surface area contributed by atoms with E-state index in [1.807, 2.05) is 0 Å². The van der Waals surface area contributed by atoms with Gasteiger partial charge in [-0.15, -0.1) is 0 Å². The van der Waals surface area contributed by atoms with Gasteiger partial charge in [-0.05, 0) is 42.0 Å². The summed E-state index contributed by atoms with van der Waals surface area (Å²) in [7, 11) is 2.47. The maximum atomic E-state index is 13.9. The number of ether oxygens (including phenoxy) is 5. The number of rotatable bonds is 9. The molecule has 3 aromatic carbocycles. The zero-order valence-electron chi connectivity index (χ0n) is 24.8. The van der Waals surface area contributed by atoms with E-state index in [0.29, 0.717) is 5.56 Å². The Morgan fingerprint density at radius 2 is 1.57 bits per heavy atom. The van der Waals surface area contributed by atoms with Crippen LogP contribution in [0.2, 0.25) is 0 Å². The number of fused-ring (bicyclic) bond motifs is 1. The molecule has 15 nitrogen and oxygen atoms in total. The number of esters is 1. The van der Waals surface area contributed by atoms with Crippen molar-refractivity contribution in [1.29, 1.82) is 0 Å². The third kappa shape index (κ3) is 6.59. The van der Waals surface area contributed by atoms with Gasteiger partial charge in [-0.25, -0.2) is 4.79 Å². The number of aromatic hydroxyl groups is 4. The minimum absolute atomic E-state index is 0.0317. The Morgan fingerprint density at radius 1 is 0.851 bits per heavy atom. The smallest absolute Gasteiger partial charge is 0.330 e. The molecule has 1 aliphatic rings. The van der Waals surface area contributed by atoms with Crippen molar-refractivity contribution >= 4 is 23.0 Å². The van der Waals surface area contributed by atoms with Crippen molar-refractivity contribution < 1.29 is 68.6 Å². The van der Waals surface area contributed by atoms with Gasteiger partial charge >= 0.3 is 5.97 Å². The van der Waals surface area contributed by atoms with Crippen molar-refractivity contribution in [2.75, 3.05) is 20.8 Å². The van der Waals surface area contributed by atoms with E-state index in [4.69, 9.17) is 28.1 Å². The summed E-state index contributed by atoms with van der Waals surface area (Å²) in [5.74, 6) is -3.68. The number of carbonyl (C=O) groups excluding carboxylic acids is 1. The Balaban J connectivity index is 1.49. The van der Waals surface area contributed by atoms with Gasteiger partial charge < -0.3 is 63.8 Å². The molecule has 2 heterocycles. The van der Waals surface area contributed by atoms with Crippen LogP contribution >= 0.6 is 0 Å². The summed E-state index contributed by atoms with van der Waals surface area (Å²) < 4.78 is 32.8. The summed E-state index contributed by atoms with van der Waals surface area (Å²) in [6.45, 7) is -0.616. The van der Waals surface area contributed by atoms with Crippen molar-refractivity contribution in [2.45, 2.75) is 30.7 Å². The minimum atomic E-state index is -1.95. The zero-order valence-corrected chi connectivity index (χ0v) is 24.8. The van der Waals surface area contributed by atoms with Crippen molar-refractivity contribution in [3.05, 3.63) is 70.4 Å². The minimum Gasteiger partial charge on any atom is -0.508 e. The van der Waals surface area contributed by atoms with Crippen LogP contribution in [0.15, 0.2) is 63.8 Å². The standard InChI is InChI=1S/C32H30O15/c1-42-20-11-15(6-9-17(20)34)28-31(25(39)23-18(35)12-19(36)29(43-2)30(23)46-28)47-32-27(41)26(40)24(38)21(45-32)13-44-22(37)10-5-14-3-7-16(33)8-4-14/h3-12,21,24,26-27,32-36,38,40-41H,13H2,1-2H3. The first-order chi connectivity index (χ1) is 22.4. The number of methoxy groups -OCH3 is 2. The van der Waals surface area contributed by atoms with Crippen LogP contribution in [0.25, 0.3) is 28.4 Å². The van der Waals surface area contributed by atoms with Gasteiger partial charge in [0.15, 0.2) is 28.6 Å². The van der Waals surface area contributed by atoms with E-state index in [2.05, 4.69) is 0 Å². The predicted octanol–water partition coefficient (Wildman–Crippen LogP) is 1.74. The van der Waals surface area contributed by atoms with E-state index in [9.17, 15) is 45.3 Å². The second kappa shape index (κ2) is 13.5. The molecule has 5 unspecified atom stereocenters. The summed E-state index contributed by atoms with van der Waals surface area (Å²) in [6.07, 6.45) is -6.45. The Hall–Kier alpha value is -5.48. The second-order valence-corrected chi connectivity index (χ2v) is 10.3. The first kappa shape index (κ1) is 32.9. The number of aliphatic hydroxyl groups excluding tert-OH is 3. The highest BCUT2D eigenvalue weighted by Gasteiger charge is 2.46. The monoisotopic (exact) mass is 654 g/mol. The molecule has 0 bridgehead atoms. The number of benzene rings is 3. The Labute approximate surface area is 265 Å². The molecule has 0 saturated carbocycles. The molecule has 1 saturated heterocycles. The third-order valence-electron chi connectivity index (χ3n) is 7.28. The molecule has 7 N–H and O–H groups in total. The first-order valence-corrected chi connectivity index (χ1v) is 13.9. The van der Waals surface area contributed by atoms with Crippen LogP contribution in [0, 0.1) is 0 Å². The Kier molecular flexibility index (Phi) is 9.44. The molecule has 5 atom stereocenters. The largest absolute Gasteiger partial charge is 0.508 e. The van der Waals surface area contributed by atoms with Crippen LogP contribution in [0.1, 0.15) is 5.56 Å². The first-order valence-electron chi connectivity index (χ1n) is 13.9. The molecule has 0 amide bonds. The molecular formula is C32H30O15. The molecule has 1 aliphatic heterocycles. The highest BCUT2D eigenvalue weighted by molar-refractivity contribution is 5.93. The van der Waals surface area contributed by atoms with Crippen LogP contribution in [0.3, 0.4) is 0 Å². The number of phenols is 4. The van der Waals surface area contributed by atoms with E-state index < -0.39 is 71.3 Å². The lowest BCUT2D eigenvalue weighted by atomic mass is 9.99. The quantitative estimate of drug-likeness (QED) is 0.101. The average Bonchev–Trinajstić information content (AvgIpc) is 3.05. The fourth-order valence-corrected chi connectivity index (χ4v) is 4.84. The average molecular weight is 655 g/mol. The van der Waals surface area contributed by atoms with E-state index in [1.165, 1.54) is 50.6 Å². The van der Waals surface area contributed by atoms with E-state index in [0.717, 1.165) is 12.1 Å². The molecule has 0 aliphatic carbocycles. The van der Waals surface area contributed by atoms with Gasteiger partial charge in [0.2, 0.25) is 23.2 Å². The lowest BCUT2D eigenvalue weighted by molar-refractivity contribution is -0.278. The summed E-state index contributed by atoms with van der Waals surface area (Å²) in [6, 6.07) is 10.6. The molecule has 5 rings (SSSR count). The second-order valence-electron chi connectivity index (χ2n) is 10.3. The van der Waals surface area contributed by atoms with Gasteiger partial charge in [-0.3, -0.25) is 4.79 Å². The lowest BCUT2D eigenvalue weighted by Crippen LogP contribution is -2.60. The molecule has 0 spiro atoms. The highest BCUT2D eigenvalue weighted by atomic mass is 16.7. The Morgan fingerprint density at radius 3 is 2.26 bits per heavy atom. The Bertz CT molecular complexity index is 1860. The van der Waals surface area contributed by atoms with Crippen molar-refractivity contribution in [2.24, 2.45) is 0 Å².